The van der Waals surface area contributed by atoms with Crippen LogP contribution in [0.15, 0.2) is 109 Å². The van der Waals surface area contributed by atoms with Crippen molar-refractivity contribution in [1.82, 2.24) is 0 Å². The van der Waals surface area contributed by atoms with E-state index in [9.17, 15) is 4.79 Å². The smallest absolute Gasteiger partial charge is 0.339 e. The molecule has 4 rings (SSSR count). The van der Waals surface area contributed by atoms with Crippen molar-refractivity contribution in [3.63, 3.8) is 0 Å². The van der Waals surface area contributed by atoms with E-state index < -0.39 is 7.92 Å². The quantitative estimate of drug-likeness (QED) is 0.152. The Balaban J connectivity index is 0.000000196. The molecule has 5 heteroatoms. The number of esters is 1. The van der Waals surface area contributed by atoms with Crippen molar-refractivity contribution in [3.05, 3.63) is 125 Å². The van der Waals surface area contributed by atoms with Gasteiger partial charge in [-0.2, -0.15) is 0 Å². The highest BCUT2D eigenvalue weighted by molar-refractivity contribution is 9.08. The maximum Gasteiger partial charge on any atom is 0.339 e. The summed E-state index contributed by atoms with van der Waals surface area (Å²) in [5, 5.41) is 5.34. The lowest BCUT2D eigenvalue weighted by Gasteiger charge is -2.18. The first-order valence-corrected chi connectivity index (χ1v) is 13.4. The van der Waals surface area contributed by atoms with Gasteiger partial charge in [-0.25, -0.2) is 4.79 Å². The van der Waals surface area contributed by atoms with Crippen LogP contribution in [0.2, 0.25) is 5.02 Å². The second-order valence-corrected chi connectivity index (χ2v) is 10.2. The fourth-order valence-electron chi connectivity index (χ4n) is 3.19. The fourth-order valence-corrected chi connectivity index (χ4v) is 6.13. The summed E-state index contributed by atoms with van der Waals surface area (Å²) in [6.07, 6.45) is 0. The summed E-state index contributed by atoms with van der Waals surface area (Å²) >= 11 is 9.23. The third kappa shape index (κ3) is 7.27. The van der Waals surface area contributed by atoms with Crippen molar-refractivity contribution in [1.29, 1.82) is 0 Å². The van der Waals surface area contributed by atoms with E-state index in [-0.39, 0.29) is 5.97 Å². The summed E-state index contributed by atoms with van der Waals surface area (Å²) < 4.78 is 4.85. The van der Waals surface area contributed by atoms with Crippen molar-refractivity contribution < 1.29 is 9.53 Å². The SMILES string of the molecule is CCOC(=O)c1ccc(CBr)cc1Cl.c1ccc(P(c2ccccc2)c2ccccc2)cc1. The molecule has 0 spiro atoms. The highest BCUT2D eigenvalue weighted by Crippen LogP contribution is 2.32. The largest absolute Gasteiger partial charge is 0.462 e. The number of alkyl halides is 1. The summed E-state index contributed by atoms with van der Waals surface area (Å²) in [5.41, 5.74) is 1.45. The Morgan fingerprint density at radius 2 is 1.24 bits per heavy atom. The first-order chi connectivity index (χ1) is 16.1. The minimum absolute atomic E-state index is 0.357. The molecule has 0 unspecified atom stereocenters. The standard InChI is InChI=1S/C18H15P.C10H10BrClO2/c1-4-10-16(11-5-1)19(17-12-6-2-7-13-17)18-14-8-3-9-15-18;1-2-14-10(13)8-4-3-7(6-11)5-9(8)12/h1-15H;3-5H,2,6H2,1H3. The molecule has 0 bridgehead atoms. The maximum atomic E-state index is 11.3. The van der Waals surface area contributed by atoms with Crippen LogP contribution >= 0.6 is 35.5 Å². The van der Waals surface area contributed by atoms with Crippen LogP contribution in [0.1, 0.15) is 22.8 Å². The Kier molecular flexibility index (Phi) is 10.2. The lowest BCUT2D eigenvalue weighted by Crippen LogP contribution is -2.20. The van der Waals surface area contributed by atoms with E-state index >= 15 is 0 Å². The molecule has 0 aliphatic carbocycles. The van der Waals surface area contributed by atoms with Gasteiger partial charge in [0.25, 0.3) is 0 Å². The Morgan fingerprint density at radius 1 is 0.788 bits per heavy atom. The second-order valence-electron chi connectivity index (χ2n) is 7.01. The van der Waals surface area contributed by atoms with Crippen LogP contribution in [0.4, 0.5) is 0 Å². The van der Waals surface area contributed by atoms with E-state index in [1.807, 2.05) is 6.07 Å². The Bertz CT molecular complexity index is 1040. The molecule has 4 aromatic rings. The summed E-state index contributed by atoms with van der Waals surface area (Å²) in [6.45, 7) is 2.12. The topological polar surface area (TPSA) is 26.3 Å². The molecule has 168 valence electrons. The Hall–Kier alpha value is -2.45. The normalized spacial score (nSPS) is 10.3. The van der Waals surface area contributed by atoms with Gasteiger partial charge in [0.05, 0.1) is 17.2 Å². The summed E-state index contributed by atoms with van der Waals surface area (Å²) in [5.74, 6) is -0.376. The van der Waals surface area contributed by atoms with Gasteiger partial charge in [-0.3, -0.25) is 0 Å². The van der Waals surface area contributed by atoms with Crippen LogP contribution in [0, 0.1) is 0 Å². The summed E-state index contributed by atoms with van der Waals surface area (Å²) in [6, 6.07) is 37.6. The van der Waals surface area contributed by atoms with Gasteiger partial charge in [0.1, 0.15) is 0 Å². The van der Waals surface area contributed by atoms with E-state index in [0.29, 0.717) is 17.2 Å². The molecule has 0 aliphatic rings. The van der Waals surface area contributed by atoms with Crippen molar-refractivity contribution in [2.45, 2.75) is 12.3 Å². The van der Waals surface area contributed by atoms with Crippen LogP contribution in [-0.2, 0) is 10.1 Å². The Morgan fingerprint density at radius 3 is 1.61 bits per heavy atom. The molecule has 0 heterocycles. The first-order valence-electron chi connectivity index (χ1n) is 10.6. The molecule has 2 nitrogen and oxygen atoms in total. The average Bonchev–Trinajstić information content (AvgIpc) is 2.86. The lowest BCUT2D eigenvalue weighted by molar-refractivity contribution is 0.0526. The molecule has 0 amide bonds. The van der Waals surface area contributed by atoms with Gasteiger partial charge in [0.2, 0.25) is 0 Å². The highest BCUT2D eigenvalue weighted by atomic mass is 79.9. The number of benzene rings is 4. The van der Waals surface area contributed by atoms with Crippen molar-refractivity contribution in [2.75, 3.05) is 6.61 Å². The minimum Gasteiger partial charge on any atom is -0.462 e. The average molecular weight is 540 g/mol. The molecule has 4 aromatic carbocycles. The molecule has 0 aromatic heterocycles. The molecular formula is C28H25BrClO2P. The zero-order valence-electron chi connectivity index (χ0n) is 18.3. The van der Waals surface area contributed by atoms with E-state index in [1.54, 1.807) is 19.1 Å². The predicted molar refractivity (Wildman–Crippen MR) is 145 cm³/mol. The van der Waals surface area contributed by atoms with Crippen molar-refractivity contribution >= 4 is 57.3 Å². The molecule has 0 fully saturated rings. The van der Waals surface area contributed by atoms with Gasteiger partial charge in [-0.05, 0) is 48.5 Å². The highest BCUT2D eigenvalue weighted by Gasteiger charge is 2.15. The minimum atomic E-state index is -0.446. The number of hydrogen-bond acceptors (Lipinski definition) is 2. The van der Waals surface area contributed by atoms with Crippen LogP contribution in [-0.4, -0.2) is 12.6 Å². The molecular weight excluding hydrogens is 515 g/mol. The number of hydrogen-bond donors (Lipinski definition) is 0. The molecule has 0 saturated carbocycles. The first kappa shape index (κ1) is 25.2. The monoisotopic (exact) mass is 538 g/mol. The van der Waals surface area contributed by atoms with Gasteiger partial charge in [0.15, 0.2) is 0 Å². The van der Waals surface area contributed by atoms with Crippen LogP contribution in [0.5, 0.6) is 0 Å². The summed E-state index contributed by atoms with van der Waals surface area (Å²) in [7, 11) is -0.446. The van der Waals surface area contributed by atoms with Gasteiger partial charge in [-0.1, -0.05) is 125 Å². The predicted octanol–water partition coefficient (Wildman–Crippen LogP) is 6.86. The Labute approximate surface area is 210 Å². The zero-order chi connectivity index (χ0) is 23.5. The van der Waals surface area contributed by atoms with Crippen molar-refractivity contribution in [2.24, 2.45) is 0 Å². The van der Waals surface area contributed by atoms with Gasteiger partial charge >= 0.3 is 5.97 Å². The van der Waals surface area contributed by atoms with Crippen LogP contribution in [0.25, 0.3) is 0 Å². The molecule has 0 saturated heterocycles. The van der Waals surface area contributed by atoms with E-state index in [1.165, 1.54) is 15.9 Å². The van der Waals surface area contributed by atoms with Gasteiger partial charge in [-0.15, -0.1) is 0 Å². The van der Waals surface area contributed by atoms with Crippen LogP contribution < -0.4 is 15.9 Å². The number of ether oxygens (including phenoxy) is 1. The van der Waals surface area contributed by atoms with E-state index in [2.05, 4.69) is 107 Å². The number of halogens is 2. The number of rotatable bonds is 6. The van der Waals surface area contributed by atoms with Crippen LogP contribution in [0.3, 0.4) is 0 Å². The molecule has 33 heavy (non-hydrogen) atoms. The lowest BCUT2D eigenvalue weighted by atomic mass is 10.1. The molecule has 0 N–H and O–H groups in total. The maximum absolute atomic E-state index is 11.3. The summed E-state index contributed by atoms with van der Waals surface area (Å²) in [4.78, 5) is 11.3. The fraction of sp³-hybridized carbons (Fsp3) is 0.107. The molecule has 0 radical (unpaired) electrons. The third-order valence-corrected chi connectivity index (χ3v) is 8.13. The number of carbonyl (C=O) groups is 1. The van der Waals surface area contributed by atoms with Crippen molar-refractivity contribution in [3.8, 4) is 0 Å². The van der Waals surface area contributed by atoms with Gasteiger partial charge < -0.3 is 4.74 Å². The third-order valence-electron chi connectivity index (χ3n) is 4.73. The van der Waals surface area contributed by atoms with E-state index in [4.69, 9.17) is 16.3 Å². The second kappa shape index (κ2) is 13.3. The van der Waals surface area contributed by atoms with E-state index in [0.717, 1.165) is 10.9 Å². The zero-order valence-corrected chi connectivity index (χ0v) is 21.6. The number of carbonyl (C=O) groups excluding carboxylic acids is 1. The molecule has 0 atom stereocenters. The molecule has 0 aliphatic heterocycles. The van der Waals surface area contributed by atoms with Gasteiger partial charge in [0, 0.05) is 5.33 Å².